The number of benzene rings is 1. The van der Waals surface area contributed by atoms with Crippen LogP contribution in [0.1, 0.15) is 38.4 Å². The van der Waals surface area contributed by atoms with Gasteiger partial charge in [-0.15, -0.1) is 0 Å². The second kappa shape index (κ2) is 9.48. The summed E-state index contributed by atoms with van der Waals surface area (Å²) in [6, 6.07) is 9.41. The molecule has 3 N–H and O–H groups in total. The lowest BCUT2D eigenvalue weighted by Gasteiger charge is -2.12. The smallest absolute Gasteiger partial charge is 0.410 e. The Morgan fingerprint density at radius 3 is 2.65 bits per heavy atom. The van der Waals surface area contributed by atoms with Crippen LogP contribution >= 0.6 is 11.6 Å². The van der Waals surface area contributed by atoms with Crippen LogP contribution in [0.15, 0.2) is 42.7 Å². The number of amides is 2. The van der Waals surface area contributed by atoms with Gasteiger partial charge in [0, 0.05) is 30.0 Å². The van der Waals surface area contributed by atoms with E-state index in [9.17, 15) is 9.59 Å². The molecule has 34 heavy (non-hydrogen) atoms. The fourth-order valence-electron chi connectivity index (χ4n) is 3.82. The Kier molecular flexibility index (Phi) is 6.47. The predicted molar refractivity (Wildman–Crippen MR) is 129 cm³/mol. The number of aryl methyl sites for hydroxylation is 3. The van der Waals surface area contributed by atoms with Gasteiger partial charge in [0.1, 0.15) is 5.82 Å². The molecule has 3 heterocycles. The highest BCUT2D eigenvalue weighted by Gasteiger charge is 2.15. The van der Waals surface area contributed by atoms with Crippen molar-refractivity contribution in [2.24, 2.45) is 0 Å². The van der Waals surface area contributed by atoms with Crippen molar-refractivity contribution in [2.75, 3.05) is 5.32 Å². The number of rotatable bonds is 6. The van der Waals surface area contributed by atoms with E-state index >= 15 is 0 Å². The molecule has 0 aliphatic rings. The molecular formula is C24H23ClN6O3. The first-order valence-corrected chi connectivity index (χ1v) is 10.9. The minimum atomic E-state index is -1.18. The number of anilines is 1. The SMILES string of the molecule is Cc1cc(NC(=O)O)nc(C)c1CNC(=O)c1cn(Cc2ccc3ncc(Cl)cc3c2)nc1C. The average molecular weight is 479 g/mol. The molecule has 2 amide bonds. The molecule has 0 fully saturated rings. The molecule has 0 radical (unpaired) electrons. The summed E-state index contributed by atoms with van der Waals surface area (Å²) in [6.45, 7) is 6.17. The molecule has 4 rings (SSSR count). The highest BCUT2D eigenvalue weighted by atomic mass is 35.5. The van der Waals surface area contributed by atoms with Gasteiger partial charge in [-0.3, -0.25) is 19.8 Å². The molecule has 0 saturated carbocycles. The van der Waals surface area contributed by atoms with Crippen LogP contribution in [-0.4, -0.2) is 36.9 Å². The maximum Gasteiger partial charge on any atom is 0.410 e. The van der Waals surface area contributed by atoms with Crippen molar-refractivity contribution in [3.63, 3.8) is 0 Å². The molecule has 0 spiro atoms. The van der Waals surface area contributed by atoms with Crippen LogP contribution in [0.25, 0.3) is 10.9 Å². The summed E-state index contributed by atoms with van der Waals surface area (Å²) in [5.74, 6) is 0.00576. The topological polar surface area (TPSA) is 122 Å². The van der Waals surface area contributed by atoms with E-state index in [0.717, 1.165) is 27.6 Å². The largest absolute Gasteiger partial charge is 0.465 e. The molecule has 3 aromatic heterocycles. The van der Waals surface area contributed by atoms with Crippen LogP contribution in [-0.2, 0) is 13.1 Å². The van der Waals surface area contributed by atoms with E-state index in [2.05, 4.69) is 25.7 Å². The zero-order valence-electron chi connectivity index (χ0n) is 18.9. The summed E-state index contributed by atoms with van der Waals surface area (Å²) < 4.78 is 1.73. The molecule has 0 bridgehead atoms. The average Bonchev–Trinajstić information content (AvgIpc) is 3.12. The summed E-state index contributed by atoms with van der Waals surface area (Å²) in [5.41, 5.74) is 5.28. The molecule has 0 aliphatic carbocycles. The Hall–Kier alpha value is -3.98. The van der Waals surface area contributed by atoms with E-state index in [4.69, 9.17) is 16.7 Å². The van der Waals surface area contributed by atoms with Gasteiger partial charge in [-0.2, -0.15) is 5.10 Å². The number of pyridine rings is 2. The Morgan fingerprint density at radius 1 is 1.12 bits per heavy atom. The van der Waals surface area contributed by atoms with E-state index in [1.165, 1.54) is 0 Å². The van der Waals surface area contributed by atoms with E-state index in [1.54, 1.807) is 37.0 Å². The number of hydrogen-bond acceptors (Lipinski definition) is 5. The van der Waals surface area contributed by atoms with Crippen molar-refractivity contribution < 1.29 is 14.7 Å². The molecule has 0 atom stereocenters. The first kappa shape index (κ1) is 23.2. The second-order valence-electron chi connectivity index (χ2n) is 8.01. The Bertz CT molecular complexity index is 1390. The zero-order chi connectivity index (χ0) is 24.4. The number of hydrogen-bond donors (Lipinski definition) is 3. The molecule has 1 aromatic carbocycles. The third-order valence-electron chi connectivity index (χ3n) is 5.46. The summed E-state index contributed by atoms with van der Waals surface area (Å²) in [7, 11) is 0. The summed E-state index contributed by atoms with van der Waals surface area (Å²) >= 11 is 6.06. The molecule has 9 nitrogen and oxygen atoms in total. The lowest BCUT2D eigenvalue weighted by molar-refractivity contribution is 0.0950. The normalized spacial score (nSPS) is 10.9. The number of fused-ring (bicyclic) bond motifs is 1. The molecule has 174 valence electrons. The van der Waals surface area contributed by atoms with Crippen LogP contribution in [0.4, 0.5) is 10.6 Å². The third kappa shape index (κ3) is 5.15. The number of nitrogens with one attached hydrogen (secondary N) is 2. The lowest BCUT2D eigenvalue weighted by atomic mass is 10.1. The molecule has 0 unspecified atom stereocenters. The van der Waals surface area contributed by atoms with E-state index in [1.807, 2.05) is 31.2 Å². The minimum Gasteiger partial charge on any atom is -0.465 e. The fourth-order valence-corrected chi connectivity index (χ4v) is 3.99. The van der Waals surface area contributed by atoms with Crippen molar-refractivity contribution in [3.05, 3.63) is 81.4 Å². The maximum atomic E-state index is 12.9. The summed E-state index contributed by atoms with van der Waals surface area (Å²) in [5, 5.41) is 20.0. The number of aromatic nitrogens is 4. The first-order valence-electron chi connectivity index (χ1n) is 10.5. The number of nitrogens with zero attached hydrogens (tertiary/aromatic N) is 4. The Labute approximate surface area is 200 Å². The van der Waals surface area contributed by atoms with Gasteiger partial charge in [0.05, 0.1) is 28.3 Å². The Balaban J connectivity index is 1.46. The predicted octanol–water partition coefficient (Wildman–Crippen LogP) is 4.47. The van der Waals surface area contributed by atoms with Gasteiger partial charge in [-0.05, 0) is 61.7 Å². The zero-order valence-corrected chi connectivity index (χ0v) is 19.6. The van der Waals surface area contributed by atoms with E-state index in [0.29, 0.717) is 28.5 Å². The Morgan fingerprint density at radius 2 is 1.91 bits per heavy atom. The van der Waals surface area contributed by atoms with Crippen LogP contribution in [0.2, 0.25) is 5.02 Å². The monoisotopic (exact) mass is 478 g/mol. The van der Waals surface area contributed by atoms with E-state index in [-0.39, 0.29) is 18.3 Å². The van der Waals surface area contributed by atoms with Gasteiger partial charge in [-0.25, -0.2) is 9.78 Å². The van der Waals surface area contributed by atoms with Crippen molar-refractivity contribution in [3.8, 4) is 0 Å². The highest BCUT2D eigenvalue weighted by molar-refractivity contribution is 6.31. The highest BCUT2D eigenvalue weighted by Crippen LogP contribution is 2.20. The summed E-state index contributed by atoms with van der Waals surface area (Å²) in [4.78, 5) is 32.3. The lowest BCUT2D eigenvalue weighted by Crippen LogP contribution is -2.24. The molecule has 4 aromatic rings. The van der Waals surface area contributed by atoms with E-state index < -0.39 is 6.09 Å². The quantitative estimate of drug-likeness (QED) is 0.375. The molecule has 0 saturated heterocycles. The molecular weight excluding hydrogens is 456 g/mol. The number of carbonyl (C=O) groups is 2. The van der Waals surface area contributed by atoms with Crippen LogP contribution in [0.3, 0.4) is 0 Å². The first-order chi connectivity index (χ1) is 16.2. The molecule has 10 heteroatoms. The van der Waals surface area contributed by atoms with Gasteiger partial charge >= 0.3 is 6.09 Å². The second-order valence-corrected chi connectivity index (χ2v) is 8.44. The maximum absolute atomic E-state index is 12.9. The van der Waals surface area contributed by atoms with Crippen LogP contribution < -0.4 is 10.6 Å². The standard InChI is InChI=1S/C24H23ClN6O3/c1-13-6-22(29-24(33)34)28-14(2)19(13)10-27-23(32)20-12-31(30-15(20)3)11-16-4-5-21-17(7-16)8-18(25)9-26-21/h4-9,12H,10-11H2,1-3H3,(H,27,32)(H,28,29)(H,33,34). The van der Waals surface area contributed by atoms with Crippen LogP contribution in [0, 0.1) is 20.8 Å². The van der Waals surface area contributed by atoms with Crippen molar-refractivity contribution in [1.29, 1.82) is 0 Å². The number of halogens is 1. The van der Waals surface area contributed by atoms with Crippen molar-refractivity contribution in [2.45, 2.75) is 33.9 Å². The van der Waals surface area contributed by atoms with Gasteiger partial charge < -0.3 is 10.4 Å². The van der Waals surface area contributed by atoms with Gasteiger partial charge in [0.2, 0.25) is 0 Å². The van der Waals surface area contributed by atoms with Gasteiger partial charge in [0.25, 0.3) is 5.91 Å². The number of carbonyl (C=O) groups excluding carboxylic acids is 1. The third-order valence-corrected chi connectivity index (χ3v) is 5.67. The fraction of sp³-hybridized carbons (Fsp3) is 0.208. The van der Waals surface area contributed by atoms with Crippen LogP contribution in [0.5, 0.6) is 0 Å². The minimum absolute atomic E-state index is 0.246. The van der Waals surface area contributed by atoms with Gasteiger partial charge in [0.15, 0.2) is 0 Å². The van der Waals surface area contributed by atoms with Crippen molar-refractivity contribution >= 4 is 40.3 Å². The van der Waals surface area contributed by atoms with Gasteiger partial charge in [-0.1, -0.05) is 17.7 Å². The van der Waals surface area contributed by atoms with Crippen molar-refractivity contribution in [1.82, 2.24) is 25.1 Å². The molecule has 0 aliphatic heterocycles. The number of carboxylic acid groups (broad SMARTS) is 1. The summed E-state index contributed by atoms with van der Waals surface area (Å²) in [6.07, 6.45) is 2.16.